The fraction of sp³-hybridized carbons (Fsp3) is 0.480. The van der Waals surface area contributed by atoms with Crippen molar-refractivity contribution in [2.75, 3.05) is 26.9 Å². The number of methoxy groups -OCH3 is 1. The van der Waals surface area contributed by atoms with Gasteiger partial charge in [-0.25, -0.2) is 0 Å². The van der Waals surface area contributed by atoms with Crippen LogP contribution in [0.2, 0.25) is 0 Å². The number of hydrogen-bond donors (Lipinski definition) is 0. The summed E-state index contributed by atoms with van der Waals surface area (Å²) in [6.07, 6.45) is 5.91. The Hall–Kier alpha value is -2.69. The van der Waals surface area contributed by atoms with Gasteiger partial charge in [-0.2, -0.15) is 0 Å². The van der Waals surface area contributed by atoms with E-state index in [0.29, 0.717) is 25.6 Å². The number of ether oxygens (including phenoxy) is 3. The number of nitrogens with zero attached hydrogens (tertiary/aromatic N) is 1. The summed E-state index contributed by atoms with van der Waals surface area (Å²) in [5.41, 5.74) is 3.81. The maximum atomic E-state index is 13.4. The lowest BCUT2D eigenvalue weighted by atomic mass is 9.80. The molecular weight excluding hydrogens is 378 g/mol. The number of benzene rings is 2. The SMILES string of the molecule is COc1ccc2c(c1)CCCC2CC(=O)N1CCCC1c1ccc2c(c1)OCCO2. The summed E-state index contributed by atoms with van der Waals surface area (Å²) in [5, 5.41) is 0. The number of carbonyl (C=O) groups is 1. The molecular formula is C25H29NO4. The van der Waals surface area contributed by atoms with Crippen LogP contribution < -0.4 is 14.2 Å². The molecule has 0 radical (unpaired) electrons. The Bertz CT molecular complexity index is 941. The first-order valence-corrected chi connectivity index (χ1v) is 11.1. The van der Waals surface area contributed by atoms with Gasteiger partial charge >= 0.3 is 0 Å². The third-order valence-corrected chi connectivity index (χ3v) is 6.73. The fourth-order valence-electron chi connectivity index (χ4n) is 5.24. The van der Waals surface area contributed by atoms with Crippen molar-refractivity contribution < 1.29 is 19.0 Å². The molecule has 1 fully saturated rings. The molecule has 2 aliphatic heterocycles. The van der Waals surface area contributed by atoms with Crippen LogP contribution in [0.25, 0.3) is 0 Å². The van der Waals surface area contributed by atoms with Crippen LogP contribution in [0.4, 0.5) is 0 Å². The molecule has 0 aromatic heterocycles. The van der Waals surface area contributed by atoms with E-state index in [1.54, 1.807) is 7.11 Å². The maximum absolute atomic E-state index is 13.4. The first kappa shape index (κ1) is 19.3. The third-order valence-electron chi connectivity index (χ3n) is 6.73. The van der Waals surface area contributed by atoms with Crippen molar-refractivity contribution in [3.63, 3.8) is 0 Å². The minimum Gasteiger partial charge on any atom is -0.497 e. The number of carbonyl (C=O) groups excluding carboxylic acids is 1. The number of likely N-dealkylation sites (tertiary alicyclic amines) is 1. The lowest BCUT2D eigenvalue weighted by Gasteiger charge is -2.30. The zero-order valence-corrected chi connectivity index (χ0v) is 17.6. The van der Waals surface area contributed by atoms with E-state index >= 15 is 0 Å². The second-order valence-corrected chi connectivity index (χ2v) is 8.51. The second-order valence-electron chi connectivity index (χ2n) is 8.51. The molecule has 1 amide bonds. The molecule has 2 atom stereocenters. The number of fused-ring (bicyclic) bond motifs is 2. The van der Waals surface area contributed by atoms with E-state index in [1.165, 1.54) is 11.1 Å². The van der Waals surface area contributed by atoms with E-state index in [-0.39, 0.29) is 11.9 Å². The highest BCUT2D eigenvalue weighted by Gasteiger charge is 2.33. The highest BCUT2D eigenvalue weighted by atomic mass is 16.6. The summed E-state index contributed by atoms with van der Waals surface area (Å²) in [5.74, 6) is 3.07. The Labute approximate surface area is 177 Å². The minimum absolute atomic E-state index is 0.132. The molecule has 2 aromatic rings. The molecule has 0 N–H and O–H groups in total. The summed E-state index contributed by atoms with van der Waals surface area (Å²) in [6, 6.07) is 12.6. The van der Waals surface area contributed by atoms with Crippen LogP contribution in [0.3, 0.4) is 0 Å². The highest BCUT2D eigenvalue weighted by molar-refractivity contribution is 5.78. The summed E-state index contributed by atoms with van der Waals surface area (Å²) < 4.78 is 16.8. The van der Waals surface area contributed by atoms with Crippen molar-refractivity contribution in [2.45, 2.75) is 50.5 Å². The Balaban J connectivity index is 1.33. The van der Waals surface area contributed by atoms with Gasteiger partial charge in [0.25, 0.3) is 0 Å². The molecule has 3 aliphatic rings. The zero-order chi connectivity index (χ0) is 20.5. The van der Waals surface area contributed by atoms with Crippen molar-refractivity contribution in [3.05, 3.63) is 53.1 Å². The van der Waals surface area contributed by atoms with Gasteiger partial charge in [0.05, 0.1) is 13.2 Å². The van der Waals surface area contributed by atoms with Gasteiger partial charge in [-0.05, 0) is 79.0 Å². The standard InChI is InChI=1S/C25H29NO4/c1-28-20-8-9-21-17(14-20)4-2-5-18(21)16-25(27)26-11-3-6-22(26)19-7-10-23-24(15-19)30-13-12-29-23/h7-10,14-15,18,22H,2-6,11-13,16H2,1H3. The van der Waals surface area contributed by atoms with Gasteiger partial charge in [0.15, 0.2) is 11.5 Å². The molecule has 0 spiro atoms. The first-order chi connectivity index (χ1) is 14.7. The summed E-state index contributed by atoms with van der Waals surface area (Å²) in [7, 11) is 1.71. The molecule has 5 rings (SSSR count). The van der Waals surface area contributed by atoms with Gasteiger partial charge in [0.2, 0.25) is 5.91 Å². The van der Waals surface area contributed by atoms with E-state index in [4.69, 9.17) is 14.2 Å². The average molecular weight is 408 g/mol. The summed E-state index contributed by atoms with van der Waals surface area (Å²) >= 11 is 0. The average Bonchev–Trinajstić information content (AvgIpc) is 3.29. The van der Waals surface area contributed by atoms with Crippen molar-refractivity contribution in [2.24, 2.45) is 0 Å². The predicted octanol–water partition coefficient (Wildman–Crippen LogP) is 4.64. The van der Waals surface area contributed by atoms with Crippen LogP contribution in [-0.2, 0) is 11.2 Å². The highest BCUT2D eigenvalue weighted by Crippen LogP contribution is 2.40. The van der Waals surface area contributed by atoms with Crippen LogP contribution >= 0.6 is 0 Å². The van der Waals surface area contributed by atoms with Crippen molar-refractivity contribution in [1.29, 1.82) is 0 Å². The molecule has 5 nitrogen and oxygen atoms in total. The van der Waals surface area contributed by atoms with E-state index < -0.39 is 0 Å². The Morgan fingerprint density at radius 3 is 2.80 bits per heavy atom. The van der Waals surface area contributed by atoms with Crippen molar-refractivity contribution in [3.8, 4) is 17.2 Å². The smallest absolute Gasteiger partial charge is 0.223 e. The largest absolute Gasteiger partial charge is 0.497 e. The van der Waals surface area contributed by atoms with Crippen LogP contribution in [0.1, 0.15) is 60.8 Å². The molecule has 0 bridgehead atoms. The Morgan fingerprint density at radius 2 is 1.93 bits per heavy atom. The molecule has 30 heavy (non-hydrogen) atoms. The first-order valence-electron chi connectivity index (χ1n) is 11.1. The van der Waals surface area contributed by atoms with Crippen LogP contribution in [0.15, 0.2) is 36.4 Å². The second kappa shape index (κ2) is 8.21. The topological polar surface area (TPSA) is 48.0 Å². The monoisotopic (exact) mass is 407 g/mol. The van der Waals surface area contributed by atoms with Gasteiger partial charge < -0.3 is 19.1 Å². The number of rotatable bonds is 4. The summed E-state index contributed by atoms with van der Waals surface area (Å²) in [4.78, 5) is 15.5. The molecule has 2 aromatic carbocycles. The van der Waals surface area contributed by atoms with Crippen LogP contribution in [-0.4, -0.2) is 37.7 Å². The zero-order valence-electron chi connectivity index (χ0n) is 17.6. The summed E-state index contributed by atoms with van der Waals surface area (Å²) in [6.45, 7) is 2.00. The Morgan fingerprint density at radius 1 is 1.07 bits per heavy atom. The van der Waals surface area contributed by atoms with Gasteiger partial charge in [0.1, 0.15) is 19.0 Å². The number of amides is 1. The van der Waals surface area contributed by atoms with Gasteiger partial charge in [-0.3, -0.25) is 4.79 Å². The molecule has 1 aliphatic carbocycles. The van der Waals surface area contributed by atoms with Gasteiger partial charge in [-0.1, -0.05) is 12.1 Å². The lowest BCUT2D eigenvalue weighted by Crippen LogP contribution is -2.32. The number of hydrogen-bond acceptors (Lipinski definition) is 4. The van der Waals surface area contributed by atoms with Crippen molar-refractivity contribution in [1.82, 2.24) is 4.90 Å². The molecule has 5 heteroatoms. The van der Waals surface area contributed by atoms with E-state index in [0.717, 1.165) is 61.5 Å². The molecule has 158 valence electrons. The third kappa shape index (κ3) is 3.62. The molecule has 0 saturated carbocycles. The quantitative estimate of drug-likeness (QED) is 0.741. The molecule has 1 saturated heterocycles. The minimum atomic E-state index is 0.132. The van der Waals surface area contributed by atoms with E-state index in [2.05, 4.69) is 29.2 Å². The maximum Gasteiger partial charge on any atom is 0.223 e. The molecule has 2 heterocycles. The fourth-order valence-corrected chi connectivity index (χ4v) is 5.24. The van der Waals surface area contributed by atoms with E-state index in [9.17, 15) is 4.79 Å². The Kier molecular flexibility index (Phi) is 5.28. The van der Waals surface area contributed by atoms with Crippen molar-refractivity contribution >= 4 is 5.91 Å². The van der Waals surface area contributed by atoms with E-state index in [1.807, 2.05) is 12.1 Å². The normalized spacial score (nSPS) is 22.5. The van der Waals surface area contributed by atoms with Gasteiger partial charge in [0, 0.05) is 13.0 Å². The van der Waals surface area contributed by atoms with Crippen LogP contribution in [0, 0.1) is 0 Å². The van der Waals surface area contributed by atoms with Crippen LogP contribution in [0.5, 0.6) is 17.2 Å². The molecule has 2 unspecified atom stereocenters. The lowest BCUT2D eigenvalue weighted by molar-refractivity contribution is -0.132. The predicted molar refractivity (Wildman–Crippen MR) is 114 cm³/mol. The van der Waals surface area contributed by atoms with Gasteiger partial charge in [-0.15, -0.1) is 0 Å². The number of aryl methyl sites for hydroxylation is 1.